The Hall–Kier alpha value is -5.80. The van der Waals surface area contributed by atoms with Crippen LogP contribution in [0.3, 0.4) is 0 Å². The molecule has 2 heterocycles. The van der Waals surface area contributed by atoms with E-state index >= 15 is 0 Å². The van der Waals surface area contributed by atoms with Crippen LogP contribution in [-0.2, 0) is 10.8 Å². The summed E-state index contributed by atoms with van der Waals surface area (Å²) in [5.74, 6) is 0.759. The van der Waals surface area contributed by atoms with Crippen LogP contribution in [0.5, 0.6) is 0 Å². The topological polar surface area (TPSA) is 30.7 Å². The monoisotopic (exact) mass is 629 g/mol. The van der Waals surface area contributed by atoms with E-state index < -0.39 is 0 Å². The summed E-state index contributed by atoms with van der Waals surface area (Å²) in [5, 5.41) is 2.62. The molecule has 49 heavy (non-hydrogen) atoms. The zero-order valence-corrected chi connectivity index (χ0v) is 28.1. The summed E-state index contributed by atoms with van der Waals surface area (Å²) in [4.78, 5) is 10.6. The number of rotatable bonds is 3. The molecule has 8 aromatic rings. The van der Waals surface area contributed by atoms with Gasteiger partial charge in [0.05, 0.1) is 22.4 Å². The normalized spacial score (nSPS) is 14.9. The van der Waals surface area contributed by atoms with Gasteiger partial charge < -0.3 is 4.57 Å². The van der Waals surface area contributed by atoms with Gasteiger partial charge in [-0.2, -0.15) is 0 Å². The summed E-state index contributed by atoms with van der Waals surface area (Å²) in [6, 6.07) is 50.5. The van der Waals surface area contributed by atoms with Gasteiger partial charge in [0.2, 0.25) is 0 Å². The molecule has 0 amide bonds. The van der Waals surface area contributed by atoms with Crippen LogP contribution in [-0.4, -0.2) is 14.5 Å². The molecular weight excluding hydrogens is 595 g/mol. The highest BCUT2D eigenvalue weighted by atomic mass is 15.0. The molecule has 0 unspecified atom stereocenters. The third-order valence-electron chi connectivity index (χ3n) is 11.1. The molecule has 0 atom stereocenters. The fraction of sp³-hybridized carbons (Fsp3) is 0.130. The van der Waals surface area contributed by atoms with Crippen molar-refractivity contribution in [1.29, 1.82) is 0 Å². The predicted molar refractivity (Wildman–Crippen MR) is 202 cm³/mol. The maximum atomic E-state index is 5.37. The Bertz CT molecular complexity index is 2660. The van der Waals surface area contributed by atoms with E-state index in [9.17, 15) is 0 Å². The van der Waals surface area contributed by atoms with Crippen LogP contribution in [0.1, 0.15) is 50.1 Å². The highest BCUT2D eigenvalue weighted by Gasteiger charge is 2.40. The number of aromatic nitrogens is 3. The Morgan fingerprint density at radius 3 is 2.00 bits per heavy atom. The maximum Gasteiger partial charge on any atom is 0.160 e. The van der Waals surface area contributed by atoms with Gasteiger partial charge in [-0.3, -0.25) is 0 Å². The Kier molecular flexibility index (Phi) is 5.69. The van der Waals surface area contributed by atoms with Gasteiger partial charge >= 0.3 is 0 Å². The Labute approximate surface area is 286 Å². The van der Waals surface area contributed by atoms with Gasteiger partial charge in [-0.15, -0.1) is 0 Å². The van der Waals surface area contributed by atoms with Crippen LogP contribution in [0.15, 0.2) is 140 Å². The van der Waals surface area contributed by atoms with Crippen LogP contribution in [0.25, 0.3) is 72.4 Å². The average Bonchev–Trinajstić information content (AvgIpc) is 3.69. The molecule has 6 aromatic carbocycles. The fourth-order valence-corrected chi connectivity index (χ4v) is 8.87. The highest BCUT2D eigenvalue weighted by Crippen LogP contribution is 2.54. The third kappa shape index (κ3) is 3.79. The van der Waals surface area contributed by atoms with Gasteiger partial charge in [0, 0.05) is 44.0 Å². The minimum atomic E-state index is -0.248. The first kappa shape index (κ1) is 28.2. The van der Waals surface area contributed by atoms with Crippen LogP contribution < -0.4 is 0 Å². The molecule has 0 saturated heterocycles. The van der Waals surface area contributed by atoms with E-state index in [0.29, 0.717) is 0 Å². The lowest BCUT2D eigenvalue weighted by Crippen LogP contribution is -2.17. The number of fused-ring (bicyclic) bond motifs is 10. The van der Waals surface area contributed by atoms with Crippen LogP contribution in [0, 0.1) is 0 Å². The van der Waals surface area contributed by atoms with Gasteiger partial charge in [0.25, 0.3) is 0 Å². The first-order valence-electron chi connectivity index (χ1n) is 17.2. The van der Waals surface area contributed by atoms with Gasteiger partial charge in [0.1, 0.15) is 0 Å². The van der Waals surface area contributed by atoms with E-state index in [1.807, 2.05) is 6.07 Å². The van der Waals surface area contributed by atoms with Crippen molar-refractivity contribution in [3.05, 3.63) is 162 Å². The smallest absolute Gasteiger partial charge is 0.160 e. The molecular formula is C46H35N3. The van der Waals surface area contributed by atoms with Crippen LogP contribution >= 0.6 is 0 Å². The standard InChI is InChI=1S/C46H35N3/c1-45(2)35-22-11-8-19-31(35)32-25-26-38-39(41(32)45)34-21-10-13-24-37(34)49(38)30-18-14-17-29(27-30)42-40-33-20-9-12-23-36(33)46(3,4)43(40)48-44(47-42)28-15-6-5-7-16-28/h5-27H,1-4H3. The minimum absolute atomic E-state index is 0.113. The first-order valence-corrected chi connectivity index (χ1v) is 17.2. The summed E-state index contributed by atoms with van der Waals surface area (Å²) in [5.41, 5.74) is 16.5. The molecule has 10 rings (SSSR count). The summed E-state index contributed by atoms with van der Waals surface area (Å²) >= 11 is 0. The molecule has 0 saturated carbocycles. The molecule has 3 heteroatoms. The van der Waals surface area contributed by atoms with Crippen molar-refractivity contribution in [3.63, 3.8) is 0 Å². The molecule has 0 radical (unpaired) electrons. The van der Waals surface area contributed by atoms with Crippen LogP contribution in [0.2, 0.25) is 0 Å². The van der Waals surface area contributed by atoms with Crippen molar-refractivity contribution in [1.82, 2.24) is 14.5 Å². The molecule has 0 spiro atoms. The lowest BCUT2D eigenvalue weighted by Gasteiger charge is -2.22. The molecule has 0 bridgehead atoms. The van der Waals surface area contributed by atoms with Gasteiger partial charge in [-0.05, 0) is 57.6 Å². The third-order valence-corrected chi connectivity index (χ3v) is 11.1. The molecule has 2 aliphatic rings. The molecule has 0 N–H and O–H groups in total. The summed E-state index contributed by atoms with van der Waals surface area (Å²) < 4.78 is 2.45. The van der Waals surface area contributed by atoms with E-state index in [2.05, 4.69) is 166 Å². The Balaban J connectivity index is 1.24. The summed E-state index contributed by atoms with van der Waals surface area (Å²) in [6.07, 6.45) is 0. The minimum Gasteiger partial charge on any atom is -0.309 e. The van der Waals surface area contributed by atoms with Gasteiger partial charge in [-0.1, -0.05) is 143 Å². The molecule has 234 valence electrons. The number of hydrogen-bond donors (Lipinski definition) is 0. The second-order valence-electron chi connectivity index (χ2n) is 14.6. The molecule has 0 aliphatic heterocycles. The fourth-order valence-electron chi connectivity index (χ4n) is 8.87. The lowest BCUT2D eigenvalue weighted by atomic mass is 9.80. The number of para-hydroxylation sites is 1. The van der Waals surface area contributed by atoms with Crippen LogP contribution in [0.4, 0.5) is 0 Å². The van der Waals surface area contributed by atoms with Gasteiger partial charge in [0.15, 0.2) is 5.82 Å². The summed E-state index contributed by atoms with van der Waals surface area (Å²) in [7, 11) is 0. The van der Waals surface area contributed by atoms with Gasteiger partial charge in [-0.25, -0.2) is 9.97 Å². The van der Waals surface area contributed by atoms with Crippen molar-refractivity contribution in [2.75, 3.05) is 0 Å². The average molecular weight is 630 g/mol. The van der Waals surface area contributed by atoms with E-state index in [-0.39, 0.29) is 10.8 Å². The SMILES string of the molecule is CC1(C)c2ccccc2-c2c(-c3cccc(-n4c5ccccc5c5c6c(ccc54)-c4ccccc4C6(C)C)c3)nc(-c3ccccc3)nc21. The van der Waals surface area contributed by atoms with E-state index in [4.69, 9.17) is 9.97 Å². The largest absolute Gasteiger partial charge is 0.309 e. The quantitative estimate of drug-likeness (QED) is 0.195. The molecule has 2 aromatic heterocycles. The predicted octanol–water partition coefficient (Wildman–Crippen LogP) is 11.5. The zero-order chi connectivity index (χ0) is 33.1. The van der Waals surface area contributed by atoms with E-state index in [0.717, 1.165) is 39.6 Å². The first-order chi connectivity index (χ1) is 23.8. The van der Waals surface area contributed by atoms with Crippen molar-refractivity contribution >= 4 is 21.8 Å². The Morgan fingerprint density at radius 1 is 0.510 bits per heavy atom. The molecule has 2 aliphatic carbocycles. The number of nitrogens with zero attached hydrogens (tertiary/aromatic N) is 3. The Morgan fingerprint density at radius 2 is 1.18 bits per heavy atom. The second-order valence-corrected chi connectivity index (χ2v) is 14.6. The molecule has 3 nitrogen and oxygen atoms in total. The maximum absolute atomic E-state index is 5.37. The van der Waals surface area contributed by atoms with Crippen molar-refractivity contribution in [2.24, 2.45) is 0 Å². The summed E-state index contributed by atoms with van der Waals surface area (Å²) in [6.45, 7) is 9.33. The molecule has 0 fully saturated rings. The lowest BCUT2D eigenvalue weighted by molar-refractivity contribution is 0.636. The van der Waals surface area contributed by atoms with Crippen molar-refractivity contribution < 1.29 is 0 Å². The highest BCUT2D eigenvalue weighted by molar-refractivity contribution is 6.14. The zero-order valence-electron chi connectivity index (χ0n) is 28.1. The number of benzene rings is 6. The second kappa shape index (κ2) is 9.87. The number of hydrogen-bond acceptors (Lipinski definition) is 2. The van der Waals surface area contributed by atoms with E-state index in [1.54, 1.807) is 0 Å². The van der Waals surface area contributed by atoms with Crippen molar-refractivity contribution in [2.45, 2.75) is 38.5 Å². The van der Waals surface area contributed by atoms with E-state index in [1.165, 1.54) is 55.2 Å². The van der Waals surface area contributed by atoms with Crippen molar-refractivity contribution in [3.8, 4) is 50.6 Å².